The molecule has 0 radical (unpaired) electrons. The number of nitriles is 1. The van der Waals surface area contributed by atoms with Crippen LogP contribution in [0.2, 0.25) is 0 Å². The molecule has 0 amide bonds. The van der Waals surface area contributed by atoms with E-state index in [1.165, 1.54) is 13.2 Å². The van der Waals surface area contributed by atoms with Crippen LogP contribution in [0.1, 0.15) is 5.56 Å². The standard InChI is InChI=1S/C14H10FNO/c1-17-14-8-10(6-7-13(14)15)12-5-3-2-4-11(12)9-16/h2-8H,1H3. The van der Waals surface area contributed by atoms with Crippen molar-refractivity contribution >= 4 is 0 Å². The van der Waals surface area contributed by atoms with Crippen LogP contribution in [0.4, 0.5) is 4.39 Å². The van der Waals surface area contributed by atoms with Crippen molar-refractivity contribution in [3.8, 4) is 22.9 Å². The highest BCUT2D eigenvalue weighted by molar-refractivity contribution is 5.71. The van der Waals surface area contributed by atoms with Crippen molar-refractivity contribution in [2.24, 2.45) is 0 Å². The molecule has 2 nitrogen and oxygen atoms in total. The largest absolute Gasteiger partial charge is 0.494 e. The Morgan fingerprint density at radius 3 is 2.65 bits per heavy atom. The van der Waals surface area contributed by atoms with E-state index in [4.69, 9.17) is 10.00 Å². The van der Waals surface area contributed by atoms with Crippen LogP contribution in [0.15, 0.2) is 42.5 Å². The van der Waals surface area contributed by atoms with E-state index in [9.17, 15) is 4.39 Å². The van der Waals surface area contributed by atoms with Crippen molar-refractivity contribution in [3.05, 3.63) is 53.8 Å². The van der Waals surface area contributed by atoms with Gasteiger partial charge in [0, 0.05) is 0 Å². The van der Waals surface area contributed by atoms with Gasteiger partial charge in [0.25, 0.3) is 0 Å². The van der Waals surface area contributed by atoms with E-state index in [-0.39, 0.29) is 5.75 Å². The fraction of sp³-hybridized carbons (Fsp3) is 0.0714. The number of nitrogens with zero attached hydrogens (tertiary/aromatic N) is 1. The Kier molecular flexibility index (Phi) is 3.06. The van der Waals surface area contributed by atoms with Gasteiger partial charge in [0.15, 0.2) is 11.6 Å². The number of hydrogen-bond acceptors (Lipinski definition) is 2. The summed E-state index contributed by atoms with van der Waals surface area (Å²) in [6, 6.07) is 13.9. The molecule has 0 aromatic heterocycles. The Labute approximate surface area is 98.9 Å². The first-order valence-electron chi connectivity index (χ1n) is 5.09. The summed E-state index contributed by atoms with van der Waals surface area (Å²) in [4.78, 5) is 0. The molecule has 2 aromatic rings. The third-order valence-corrected chi connectivity index (χ3v) is 2.51. The van der Waals surface area contributed by atoms with Crippen molar-refractivity contribution in [2.75, 3.05) is 7.11 Å². The highest BCUT2D eigenvalue weighted by Gasteiger charge is 2.08. The second kappa shape index (κ2) is 4.67. The summed E-state index contributed by atoms with van der Waals surface area (Å²) in [7, 11) is 1.42. The van der Waals surface area contributed by atoms with E-state index < -0.39 is 5.82 Å². The number of rotatable bonds is 2. The first-order chi connectivity index (χ1) is 8.26. The van der Waals surface area contributed by atoms with Gasteiger partial charge in [0.05, 0.1) is 18.7 Å². The van der Waals surface area contributed by atoms with Crippen LogP contribution < -0.4 is 4.74 Å². The minimum atomic E-state index is -0.411. The lowest BCUT2D eigenvalue weighted by Gasteiger charge is -2.07. The highest BCUT2D eigenvalue weighted by atomic mass is 19.1. The van der Waals surface area contributed by atoms with E-state index in [2.05, 4.69) is 6.07 Å². The van der Waals surface area contributed by atoms with Gasteiger partial charge in [-0.25, -0.2) is 4.39 Å². The Morgan fingerprint density at radius 1 is 1.18 bits per heavy atom. The summed E-state index contributed by atoms with van der Waals surface area (Å²) in [5.41, 5.74) is 2.09. The Bertz CT molecular complexity index is 587. The molecule has 0 fully saturated rings. The summed E-state index contributed by atoms with van der Waals surface area (Å²) in [5.74, 6) is -0.235. The minimum absolute atomic E-state index is 0.176. The maximum atomic E-state index is 13.3. The zero-order valence-corrected chi connectivity index (χ0v) is 9.27. The molecule has 0 saturated heterocycles. The van der Waals surface area contributed by atoms with Crippen molar-refractivity contribution < 1.29 is 9.13 Å². The quantitative estimate of drug-likeness (QED) is 0.788. The predicted octanol–water partition coefficient (Wildman–Crippen LogP) is 3.37. The van der Waals surface area contributed by atoms with Crippen LogP contribution in [0.5, 0.6) is 5.75 Å². The lowest BCUT2D eigenvalue weighted by molar-refractivity contribution is 0.387. The van der Waals surface area contributed by atoms with E-state index in [0.29, 0.717) is 5.56 Å². The molecule has 0 N–H and O–H groups in total. The van der Waals surface area contributed by atoms with Crippen LogP contribution in [0.3, 0.4) is 0 Å². The number of benzene rings is 2. The molecule has 0 aliphatic carbocycles. The van der Waals surface area contributed by atoms with Crippen molar-refractivity contribution in [1.29, 1.82) is 5.26 Å². The maximum absolute atomic E-state index is 13.3. The summed E-state index contributed by atoms with van der Waals surface area (Å²) in [5, 5.41) is 9.01. The fourth-order valence-corrected chi connectivity index (χ4v) is 1.66. The first-order valence-corrected chi connectivity index (χ1v) is 5.09. The van der Waals surface area contributed by atoms with Gasteiger partial charge in [-0.1, -0.05) is 24.3 Å². The molecule has 0 aliphatic rings. The van der Waals surface area contributed by atoms with Gasteiger partial charge < -0.3 is 4.74 Å². The van der Waals surface area contributed by atoms with E-state index >= 15 is 0 Å². The smallest absolute Gasteiger partial charge is 0.165 e. The van der Waals surface area contributed by atoms with E-state index in [1.54, 1.807) is 24.3 Å². The zero-order valence-electron chi connectivity index (χ0n) is 9.27. The van der Waals surface area contributed by atoms with Gasteiger partial charge in [-0.3, -0.25) is 0 Å². The second-order valence-corrected chi connectivity index (χ2v) is 3.51. The van der Waals surface area contributed by atoms with Gasteiger partial charge >= 0.3 is 0 Å². The fourth-order valence-electron chi connectivity index (χ4n) is 1.66. The third-order valence-electron chi connectivity index (χ3n) is 2.51. The number of hydrogen-bond donors (Lipinski definition) is 0. The normalized spacial score (nSPS) is 9.71. The van der Waals surface area contributed by atoms with Gasteiger partial charge in [-0.15, -0.1) is 0 Å². The molecule has 0 saturated carbocycles. The molecule has 0 unspecified atom stereocenters. The summed E-state index contributed by atoms with van der Waals surface area (Å²) >= 11 is 0. The highest BCUT2D eigenvalue weighted by Crippen LogP contribution is 2.28. The zero-order chi connectivity index (χ0) is 12.3. The molecule has 84 valence electrons. The van der Waals surface area contributed by atoms with Gasteiger partial charge in [0.2, 0.25) is 0 Å². The molecular formula is C14H10FNO. The molecule has 0 spiro atoms. The maximum Gasteiger partial charge on any atom is 0.165 e. The molecular weight excluding hydrogens is 217 g/mol. The summed E-state index contributed by atoms with van der Waals surface area (Å²) in [6.07, 6.45) is 0. The topological polar surface area (TPSA) is 33.0 Å². The van der Waals surface area contributed by atoms with Gasteiger partial charge in [-0.05, 0) is 29.3 Å². The molecule has 0 atom stereocenters. The first kappa shape index (κ1) is 11.2. The lowest BCUT2D eigenvalue weighted by atomic mass is 10.0. The monoisotopic (exact) mass is 227 g/mol. The van der Waals surface area contributed by atoms with Crippen LogP contribution in [0.25, 0.3) is 11.1 Å². The lowest BCUT2D eigenvalue weighted by Crippen LogP contribution is -1.90. The Morgan fingerprint density at radius 2 is 1.94 bits per heavy atom. The number of ether oxygens (including phenoxy) is 1. The minimum Gasteiger partial charge on any atom is -0.494 e. The van der Waals surface area contributed by atoms with Crippen LogP contribution in [-0.2, 0) is 0 Å². The molecule has 2 rings (SSSR count). The number of halogens is 1. The van der Waals surface area contributed by atoms with Crippen LogP contribution in [-0.4, -0.2) is 7.11 Å². The summed E-state index contributed by atoms with van der Waals surface area (Å²) < 4.78 is 18.2. The molecule has 0 heterocycles. The molecule has 0 aliphatic heterocycles. The van der Waals surface area contributed by atoms with E-state index in [0.717, 1.165) is 11.1 Å². The van der Waals surface area contributed by atoms with E-state index in [1.807, 2.05) is 12.1 Å². The Hall–Kier alpha value is -2.34. The van der Waals surface area contributed by atoms with Crippen LogP contribution in [0, 0.1) is 17.1 Å². The molecule has 17 heavy (non-hydrogen) atoms. The SMILES string of the molecule is COc1cc(-c2ccccc2C#N)ccc1F. The Balaban J connectivity index is 2.58. The van der Waals surface area contributed by atoms with Crippen molar-refractivity contribution in [3.63, 3.8) is 0 Å². The van der Waals surface area contributed by atoms with Gasteiger partial charge in [0.1, 0.15) is 0 Å². The van der Waals surface area contributed by atoms with Crippen LogP contribution >= 0.6 is 0 Å². The average molecular weight is 227 g/mol. The van der Waals surface area contributed by atoms with Crippen molar-refractivity contribution in [2.45, 2.75) is 0 Å². The second-order valence-electron chi connectivity index (χ2n) is 3.51. The molecule has 3 heteroatoms. The third kappa shape index (κ3) is 2.11. The molecule has 2 aromatic carbocycles. The molecule has 0 bridgehead atoms. The average Bonchev–Trinajstić information content (AvgIpc) is 2.39. The number of methoxy groups -OCH3 is 1. The van der Waals surface area contributed by atoms with Gasteiger partial charge in [-0.2, -0.15) is 5.26 Å². The van der Waals surface area contributed by atoms with Crippen molar-refractivity contribution in [1.82, 2.24) is 0 Å². The summed E-state index contributed by atoms with van der Waals surface area (Å²) in [6.45, 7) is 0. The predicted molar refractivity (Wildman–Crippen MR) is 63.1 cm³/mol.